The van der Waals surface area contributed by atoms with E-state index in [-0.39, 0.29) is 36.3 Å². The van der Waals surface area contributed by atoms with Gasteiger partial charge in [-0.05, 0) is 55.2 Å². The lowest BCUT2D eigenvalue weighted by molar-refractivity contribution is 0.307. The Bertz CT molecular complexity index is 951. The van der Waals surface area contributed by atoms with Crippen molar-refractivity contribution in [1.29, 1.82) is 0 Å². The molecule has 0 saturated carbocycles. The van der Waals surface area contributed by atoms with Gasteiger partial charge in [0.1, 0.15) is 11.6 Å². The van der Waals surface area contributed by atoms with Crippen LogP contribution in [0.25, 0.3) is 0 Å². The van der Waals surface area contributed by atoms with Crippen molar-refractivity contribution in [2.24, 2.45) is 4.99 Å². The van der Waals surface area contributed by atoms with Gasteiger partial charge in [0.15, 0.2) is 15.8 Å². The van der Waals surface area contributed by atoms with Gasteiger partial charge >= 0.3 is 0 Å². The highest BCUT2D eigenvalue weighted by atomic mass is 127. The van der Waals surface area contributed by atoms with E-state index in [1.165, 1.54) is 23.8 Å². The third-order valence-corrected chi connectivity index (χ3v) is 5.24. The number of aryl methyl sites for hydroxylation is 1. The maximum Gasteiger partial charge on any atom is 0.191 e. The molecule has 2 aromatic carbocycles. The lowest BCUT2D eigenvalue weighted by Gasteiger charge is -2.14. The number of guanidine groups is 1. The molecule has 2 rings (SSSR count). The van der Waals surface area contributed by atoms with Gasteiger partial charge in [-0.25, -0.2) is 12.8 Å². The number of sulfone groups is 1. The molecule has 2 N–H and O–H groups in total. The number of aliphatic imine (C=N–C) groups is 1. The standard InChI is InChI=1S/C22H30FN3O3S.HI/c1-17-6-10-21(11-7-17)29-13-5-4-12-25-22(24-2)26-15-19-14-20(23)9-8-18(19)16-30(3,27)28;/h6-11,14H,4-5,12-13,15-16H2,1-3H3,(H2,24,25,26);1H. The lowest BCUT2D eigenvalue weighted by atomic mass is 10.1. The largest absolute Gasteiger partial charge is 0.494 e. The fourth-order valence-corrected chi connectivity index (χ4v) is 3.69. The second kappa shape index (κ2) is 13.5. The highest BCUT2D eigenvalue weighted by Gasteiger charge is 2.11. The van der Waals surface area contributed by atoms with Crippen LogP contribution in [0.4, 0.5) is 4.39 Å². The van der Waals surface area contributed by atoms with Crippen molar-refractivity contribution in [3.63, 3.8) is 0 Å². The Morgan fingerprint density at radius 2 is 1.77 bits per heavy atom. The number of hydrogen-bond acceptors (Lipinski definition) is 4. The number of hydrogen-bond donors (Lipinski definition) is 2. The molecule has 172 valence electrons. The Morgan fingerprint density at radius 3 is 2.42 bits per heavy atom. The Morgan fingerprint density at radius 1 is 1.06 bits per heavy atom. The monoisotopic (exact) mass is 563 g/mol. The zero-order valence-corrected chi connectivity index (χ0v) is 21.3. The molecule has 0 bridgehead atoms. The van der Waals surface area contributed by atoms with Crippen molar-refractivity contribution in [1.82, 2.24) is 10.6 Å². The van der Waals surface area contributed by atoms with Gasteiger partial charge < -0.3 is 15.4 Å². The van der Waals surface area contributed by atoms with Crippen LogP contribution in [-0.4, -0.2) is 40.8 Å². The van der Waals surface area contributed by atoms with E-state index in [2.05, 4.69) is 15.6 Å². The molecule has 0 spiro atoms. The number of benzene rings is 2. The molecule has 0 amide bonds. The summed E-state index contributed by atoms with van der Waals surface area (Å²) >= 11 is 0. The maximum atomic E-state index is 13.6. The summed E-state index contributed by atoms with van der Waals surface area (Å²) in [5, 5.41) is 6.31. The number of nitrogens with zero attached hydrogens (tertiary/aromatic N) is 1. The van der Waals surface area contributed by atoms with Crippen molar-refractivity contribution < 1.29 is 17.5 Å². The minimum Gasteiger partial charge on any atom is -0.494 e. The number of rotatable bonds is 10. The molecule has 0 atom stereocenters. The topological polar surface area (TPSA) is 79.8 Å². The molecule has 31 heavy (non-hydrogen) atoms. The summed E-state index contributed by atoms with van der Waals surface area (Å²) in [6.07, 6.45) is 2.95. The summed E-state index contributed by atoms with van der Waals surface area (Å²) in [4.78, 5) is 4.15. The van der Waals surface area contributed by atoms with Gasteiger partial charge in [0.25, 0.3) is 0 Å². The highest BCUT2D eigenvalue weighted by Crippen LogP contribution is 2.14. The van der Waals surface area contributed by atoms with Crippen LogP contribution < -0.4 is 15.4 Å². The second-order valence-corrected chi connectivity index (χ2v) is 9.34. The second-order valence-electron chi connectivity index (χ2n) is 7.20. The van der Waals surface area contributed by atoms with Crippen LogP contribution in [-0.2, 0) is 22.1 Å². The van der Waals surface area contributed by atoms with Crippen molar-refractivity contribution in [2.75, 3.05) is 26.5 Å². The summed E-state index contributed by atoms with van der Waals surface area (Å²) in [5.74, 6) is 0.910. The molecule has 0 unspecified atom stereocenters. The van der Waals surface area contributed by atoms with Crippen LogP contribution in [0.5, 0.6) is 5.75 Å². The van der Waals surface area contributed by atoms with Crippen LogP contribution in [0, 0.1) is 12.7 Å². The van der Waals surface area contributed by atoms with E-state index >= 15 is 0 Å². The maximum absolute atomic E-state index is 13.6. The van der Waals surface area contributed by atoms with Gasteiger partial charge in [-0.2, -0.15) is 0 Å². The van der Waals surface area contributed by atoms with Crippen LogP contribution in [0.1, 0.15) is 29.5 Å². The third kappa shape index (κ3) is 10.8. The predicted molar refractivity (Wildman–Crippen MR) is 134 cm³/mol. The number of halogens is 2. The minimum absolute atomic E-state index is 0. The van der Waals surface area contributed by atoms with E-state index in [1.807, 2.05) is 31.2 Å². The molecule has 0 aliphatic carbocycles. The van der Waals surface area contributed by atoms with Gasteiger partial charge in [0.2, 0.25) is 0 Å². The first kappa shape index (κ1) is 27.2. The fraction of sp³-hybridized carbons (Fsp3) is 0.409. The average Bonchev–Trinajstić information content (AvgIpc) is 2.69. The first-order valence-electron chi connectivity index (χ1n) is 9.86. The molecular weight excluding hydrogens is 532 g/mol. The van der Waals surface area contributed by atoms with E-state index in [9.17, 15) is 12.8 Å². The van der Waals surface area contributed by atoms with E-state index < -0.39 is 15.7 Å². The Balaban J connectivity index is 0.00000480. The SMILES string of the molecule is CN=C(NCCCCOc1ccc(C)cc1)NCc1cc(F)ccc1CS(C)(=O)=O.I. The molecule has 0 aliphatic rings. The Kier molecular flexibility index (Phi) is 11.8. The summed E-state index contributed by atoms with van der Waals surface area (Å²) in [7, 11) is -1.56. The third-order valence-electron chi connectivity index (χ3n) is 4.41. The lowest BCUT2D eigenvalue weighted by Crippen LogP contribution is -2.37. The fourth-order valence-electron chi connectivity index (χ4n) is 2.84. The predicted octanol–water partition coefficient (Wildman–Crippen LogP) is 3.82. The highest BCUT2D eigenvalue weighted by molar-refractivity contribution is 14.0. The molecular formula is C22H31FIN3O3S. The van der Waals surface area contributed by atoms with Crippen LogP contribution in [0.15, 0.2) is 47.5 Å². The zero-order valence-electron chi connectivity index (χ0n) is 18.2. The Hall–Kier alpha value is -1.88. The summed E-state index contributed by atoms with van der Waals surface area (Å²) < 4.78 is 42.5. The molecule has 2 aromatic rings. The van der Waals surface area contributed by atoms with Crippen molar-refractivity contribution in [3.05, 3.63) is 65.0 Å². The minimum atomic E-state index is -3.21. The first-order chi connectivity index (χ1) is 14.3. The van der Waals surface area contributed by atoms with E-state index in [0.717, 1.165) is 24.8 Å². The molecule has 0 saturated heterocycles. The van der Waals surface area contributed by atoms with Crippen molar-refractivity contribution in [2.45, 2.75) is 32.1 Å². The van der Waals surface area contributed by atoms with E-state index in [0.29, 0.717) is 30.2 Å². The van der Waals surface area contributed by atoms with Gasteiger partial charge in [0.05, 0.1) is 12.4 Å². The summed E-state index contributed by atoms with van der Waals surface area (Å²) in [6, 6.07) is 12.1. The summed E-state index contributed by atoms with van der Waals surface area (Å²) in [5.41, 5.74) is 2.37. The molecule has 0 aliphatic heterocycles. The number of unbranched alkanes of at least 4 members (excludes halogenated alkanes) is 1. The smallest absolute Gasteiger partial charge is 0.191 e. The quantitative estimate of drug-likeness (QED) is 0.199. The van der Waals surface area contributed by atoms with Gasteiger partial charge in [-0.3, -0.25) is 4.99 Å². The van der Waals surface area contributed by atoms with E-state index in [1.54, 1.807) is 7.05 Å². The van der Waals surface area contributed by atoms with E-state index in [4.69, 9.17) is 4.74 Å². The van der Waals surface area contributed by atoms with Crippen LogP contribution >= 0.6 is 24.0 Å². The normalized spacial score (nSPS) is 11.5. The Labute approximate surface area is 201 Å². The molecule has 0 fully saturated rings. The van der Waals surface area contributed by atoms with Gasteiger partial charge in [-0.15, -0.1) is 24.0 Å². The number of nitrogens with one attached hydrogen (secondary N) is 2. The number of ether oxygens (including phenoxy) is 1. The van der Waals surface area contributed by atoms with Crippen molar-refractivity contribution >= 4 is 39.8 Å². The van der Waals surface area contributed by atoms with Crippen molar-refractivity contribution in [3.8, 4) is 5.75 Å². The van der Waals surface area contributed by atoms with Crippen LogP contribution in [0.3, 0.4) is 0 Å². The molecule has 9 heteroatoms. The zero-order chi connectivity index (χ0) is 22.0. The van der Waals surface area contributed by atoms with Crippen LogP contribution in [0.2, 0.25) is 0 Å². The van der Waals surface area contributed by atoms with Gasteiger partial charge in [0, 0.05) is 26.4 Å². The molecule has 0 radical (unpaired) electrons. The molecule has 0 heterocycles. The first-order valence-corrected chi connectivity index (χ1v) is 11.9. The average molecular weight is 563 g/mol. The van der Waals surface area contributed by atoms with Gasteiger partial charge in [-0.1, -0.05) is 23.8 Å². The molecule has 0 aromatic heterocycles. The summed E-state index contributed by atoms with van der Waals surface area (Å²) in [6.45, 7) is 3.65. The molecule has 6 nitrogen and oxygen atoms in total.